The molecule has 0 radical (unpaired) electrons. The Morgan fingerprint density at radius 2 is 1.63 bits per heavy atom. The predicted molar refractivity (Wildman–Crippen MR) is 140 cm³/mol. The standard InChI is InChI=1S/C31H18N4/c1-2-5-20-17(4-1)13-25-21(20)8-7-18-12-19-14-26-24(15-23(19)29(18)25)22-6-3-10-33-30(22)35-28-16-32-11-9-27(28)34-31(26)35/h1-11,14-16H,12-13H2. The molecule has 2 aliphatic carbocycles. The van der Waals surface area contributed by atoms with Gasteiger partial charge >= 0.3 is 0 Å². The molecule has 9 rings (SSSR count). The first kappa shape index (κ1) is 17.8. The van der Waals surface area contributed by atoms with Crippen molar-refractivity contribution in [1.29, 1.82) is 0 Å². The molecule has 0 atom stereocenters. The molecule has 3 aromatic carbocycles. The van der Waals surface area contributed by atoms with E-state index in [1.807, 2.05) is 24.5 Å². The lowest BCUT2D eigenvalue weighted by atomic mass is 9.93. The Balaban J connectivity index is 1.41. The number of rotatable bonds is 0. The van der Waals surface area contributed by atoms with Crippen molar-refractivity contribution in [3.05, 3.63) is 108 Å². The van der Waals surface area contributed by atoms with Crippen LogP contribution in [0.4, 0.5) is 0 Å². The van der Waals surface area contributed by atoms with Gasteiger partial charge < -0.3 is 0 Å². The molecule has 162 valence electrons. The van der Waals surface area contributed by atoms with E-state index >= 15 is 0 Å². The van der Waals surface area contributed by atoms with Crippen LogP contribution in [0, 0.1) is 0 Å². The average molecular weight is 447 g/mol. The fourth-order valence-corrected chi connectivity index (χ4v) is 6.48. The van der Waals surface area contributed by atoms with Crippen molar-refractivity contribution in [2.45, 2.75) is 12.8 Å². The van der Waals surface area contributed by atoms with E-state index in [0.717, 1.165) is 40.6 Å². The monoisotopic (exact) mass is 446 g/mol. The second kappa shape index (κ2) is 6.10. The lowest BCUT2D eigenvalue weighted by Gasteiger charge is -2.12. The Bertz CT molecular complexity index is 2070. The van der Waals surface area contributed by atoms with Gasteiger partial charge in [0.1, 0.15) is 11.3 Å². The lowest BCUT2D eigenvalue weighted by Crippen LogP contribution is -1.95. The first-order valence-corrected chi connectivity index (χ1v) is 12.0. The molecule has 0 N–H and O–H groups in total. The van der Waals surface area contributed by atoms with E-state index in [4.69, 9.17) is 9.97 Å². The molecule has 0 saturated carbocycles. The zero-order valence-corrected chi connectivity index (χ0v) is 18.8. The maximum atomic E-state index is 5.04. The number of aromatic nitrogens is 4. The van der Waals surface area contributed by atoms with Crippen LogP contribution in [0.15, 0.2) is 85.3 Å². The van der Waals surface area contributed by atoms with Gasteiger partial charge in [-0.1, -0.05) is 36.4 Å². The van der Waals surface area contributed by atoms with E-state index < -0.39 is 0 Å². The van der Waals surface area contributed by atoms with Gasteiger partial charge in [0.2, 0.25) is 0 Å². The molecule has 0 unspecified atom stereocenters. The highest BCUT2D eigenvalue weighted by Gasteiger charge is 2.29. The van der Waals surface area contributed by atoms with Gasteiger partial charge in [0.05, 0.1) is 17.2 Å². The van der Waals surface area contributed by atoms with Crippen LogP contribution < -0.4 is 0 Å². The van der Waals surface area contributed by atoms with Crippen molar-refractivity contribution in [1.82, 2.24) is 19.4 Å². The number of imidazole rings is 1. The van der Waals surface area contributed by atoms with E-state index in [9.17, 15) is 0 Å². The molecule has 0 saturated heterocycles. The summed E-state index contributed by atoms with van der Waals surface area (Å²) in [6.45, 7) is 0. The topological polar surface area (TPSA) is 43.1 Å². The molecule has 0 aliphatic heterocycles. The lowest BCUT2D eigenvalue weighted by molar-refractivity contribution is 1.22. The quantitative estimate of drug-likeness (QED) is 0.243. The van der Waals surface area contributed by atoms with Crippen LogP contribution in [-0.2, 0) is 12.8 Å². The SMILES string of the molecule is c1ccc2c(c1)Cc1c-2ccc2c1-c1cc3c4cccnc4n4c5cnccc5nc4c3cc1C2. The number of benzene rings is 3. The number of fused-ring (bicyclic) bond motifs is 15. The first-order valence-electron chi connectivity index (χ1n) is 12.0. The third-order valence-corrected chi connectivity index (χ3v) is 7.95. The number of hydrogen-bond acceptors (Lipinski definition) is 3. The molecule has 0 fully saturated rings. The fraction of sp³-hybridized carbons (Fsp3) is 0.0645. The summed E-state index contributed by atoms with van der Waals surface area (Å²) in [5.41, 5.74) is 15.1. The summed E-state index contributed by atoms with van der Waals surface area (Å²) in [6, 6.07) is 24.5. The van der Waals surface area contributed by atoms with Gasteiger partial charge in [-0.2, -0.15) is 0 Å². The molecule has 0 spiro atoms. The van der Waals surface area contributed by atoms with Crippen LogP contribution in [0.3, 0.4) is 0 Å². The number of nitrogens with zero attached hydrogens (tertiary/aromatic N) is 4. The minimum absolute atomic E-state index is 0.925. The Morgan fingerprint density at radius 3 is 2.63 bits per heavy atom. The smallest absolute Gasteiger partial charge is 0.147 e. The Hall–Kier alpha value is -4.57. The molecule has 0 amide bonds. The fourth-order valence-electron chi connectivity index (χ4n) is 6.48. The average Bonchev–Trinajstić information content (AvgIpc) is 3.58. The molecule has 2 aliphatic rings. The largest absolute Gasteiger partial charge is 0.274 e. The van der Waals surface area contributed by atoms with E-state index in [-0.39, 0.29) is 0 Å². The Labute approximate surface area is 200 Å². The van der Waals surface area contributed by atoms with Crippen molar-refractivity contribution >= 4 is 38.5 Å². The number of hydrogen-bond donors (Lipinski definition) is 0. The zero-order chi connectivity index (χ0) is 22.7. The van der Waals surface area contributed by atoms with Crippen molar-refractivity contribution in [2.75, 3.05) is 0 Å². The first-order chi connectivity index (χ1) is 17.3. The molecule has 4 nitrogen and oxygen atoms in total. The summed E-state index contributed by atoms with van der Waals surface area (Å²) < 4.78 is 2.17. The van der Waals surface area contributed by atoms with Gasteiger partial charge in [-0.15, -0.1) is 0 Å². The summed E-state index contributed by atoms with van der Waals surface area (Å²) in [7, 11) is 0. The third-order valence-electron chi connectivity index (χ3n) is 7.95. The minimum atomic E-state index is 0.925. The normalized spacial score (nSPS) is 13.5. The van der Waals surface area contributed by atoms with Crippen LogP contribution in [0.2, 0.25) is 0 Å². The van der Waals surface area contributed by atoms with E-state index in [1.165, 1.54) is 55.3 Å². The van der Waals surface area contributed by atoms with Crippen molar-refractivity contribution < 1.29 is 0 Å². The molecule has 4 heterocycles. The minimum Gasteiger partial charge on any atom is -0.274 e. The summed E-state index contributed by atoms with van der Waals surface area (Å²) in [5.74, 6) is 0. The molecule has 7 aromatic rings. The van der Waals surface area contributed by atoms with E-state index in [0.29, 0.717) is 0 Å². The highest BCUT2D eigenvalue weighted by atomic mass is 15.1. The van der Waals surface area contributed by atoms with Crippen molar-refractivity contribution in [3.8, 4) is 22.3 Å². The van der Waals surface area contributed by atoms with Crippen LogP contribution in [0.1, 0.15) is 22.3 Å². The molecular weight excluding hydrogens is 428 g/mol. The van der Waals surface area contributed by atoms with Gasteiger partial charge in [0.15, 0.2) is 0 Å². The maximum Gasteiger partial charge on any atom is 0.147 e. The molecular formula is C31H18N4. The number of pyridine rings is 3. The highest BCUT2D eigenvalue weighted by Crippen LogP contribution is 2.49. The van der Waals surface area contributed by atoms with E-state index in [1.54, 1.807) is 6.20 Å². The van der Waals surface area contributed by atoms with Gasteiger partial charge in [-0.3, -0.25) is 9.38 Å². The van der Waals surface area contributed by atoms with Crippen LogP contribution in [-0.4, -0.2) is 19.4 Å². The molecule has 0 bridgehead atoms. The van der Waals surface area contributed by atoms with Crippen LogP contribution in [0.25, 0.3) is 60.7 Å². The second-order valence-electron chi connectivity index (χ2n) is 9.70. The predicted octanol–water partition coefficient (Wildman–Crippen LogP) is 6.73. The summed E-state index contributed by atoms with van der Waals surface area (Å²) in [6.07, 6.45) is 7.52. The molecule has 4 aromatic heterocycles. The summed E-state index contributed by atoms with van der Waals surface area (Å²) in [5, 5.41) is 3.53. The van der Waals surface area contributed by atoms with Gasteiger partial charge in [-0.05, 0) is 93.1 Å². The van der Waals surface area contributed by atoms with Crippen molar-refractivity contribution in [2.24, 2.45) is 0 Å². The van der Waals surface area contributed by atoms with Crippen LogP contribution in [0.5, 0.6) is 0 Å². The third kappa shape index (κ3) is 2.15. The van der Waals surface area contributed by atoms with Crippen molar-refractivity contribution in [3.63, 3.8) is 0 Å². The molecule has 4 heteroatoms. The highest BCUT2D eigenvalue weighted by molar-refractivity contribution is 6.14. The Morgan fingerprint density at radius 1 is 0.657 bits per heavy atom. The van der Waals surface area contributed by atoms with Gasteiger partial charge in [-0.25, -0.2) is 9.97 Å². The second-order valence-corrected chi connectivity index (χ2v) is 9.70. The van der Waals surface area contributed by atoms with Gasteiger partial charge in [0, 0.05) is 23.2 Å². The molecule has 35 heavy (non-hydrogen) atoms. The summed E-state index contributed by atoms with van der Waals surface area (Å²) >= 11 is 0. The van der Waals surface area contributed by atoms with Gasteiger partial charge in [0.25, 0.3) is 0 Å². The van der Waals surface area contributed by atoms with Crippen LogP contribution >= 0.6 is 0 Å². The zero-order valence-electron chi connectivity index (χ0n) is 18.8. The van der Waals surface area contributed by atoms with E-state index in [2.05, 4.69) is 64.0 Å². The Kier molecular flexibility index (Phi) is 3.11. The maximum absolute atomic E-state index is 5.04. The summed E-state index contributed by atoms with van der Waals surface area (Å²) in [4.78, 5) is 14.2.